The van der Waals surface area contributed by atoms with E-state index in [2.05, 4.69) is 24.3 Å². The van der Waals surface area contributed by atoms with Crippen LogP contribution in [0.4, 0.5) is 0 Å². The van der Waals surface area contributed by atoms with Gasteiger partial charge in [-0.05, 0) is 32.7 Å². The first-order valence-corrected chi connectivity index (χ1v) is 10.2. The van der Waals surface area contributed by atoms with Crippen LogP contribution >= 0.6 is 0 Å². The van der Waals surface area contributed by atoms with Crippen molar-refractivity contribution in [2.75, 3.05) is 13.2 Å². The van der Waals surface area contributed by atoms with Crippen molar-refractivity contribution in [2.45, 2.75) is 38.3 Å². The molecule has 6 nitrogen and oxygen atoms in total. The van der Waals surface area contributed by atoms with Gasteiger partial charge in [0.05, 0.1) is 26.4 Å². The summed E-state index contributed by atoms with van der Waals surface area (Å²) in [4.78, 5) is 23.6. The Morgan fingerprint density at radius 2 is 1.03 bits per heavy atom. The van der Waals surface area contributed by atoms with E-state index in [0.29, 0.717) is 39.3 Å². The average Bonchev–Trinajstić information content (AvgIpc) is 3.38. The van der Waals surface area contributed by atoms with Crippen LogP contribution in [0.3, 0.4) is 0 Å². The predicted octanol–water partition coefficient (Wildman–Crippen LogP) is 3.66. The summed E-state index contributed by atoms with van der Waals surface area (Å²) in [6, 6.07) is 16.2. The highest BCUT2D eigenvalue weighted by molar-refractivity contribution is 6.05. The Morgan fingerprint density at radius 1 is 0.667 bits per heavy atom. The summed E-state index contributed by atoms with van der Waals surface area (Å²) in [5.74, 6) is -0.589. The van der Waals surface area contributed by atoms with E-state index in [-0.39, 0.29) is 11.9 Å². The molecule has 0 saturated carbocycles. The summed E-state index contributed by atoms with van der Waals surface area (Å²) < 4.78 is 21.9. The van der Waals surface area contributed by atoms with E-state index >= 15 is 0 Å². The van der Waals surface area contributed by atoms with E-state index < -0.39 is 12.2 Å². The number of ether oxygens (including phenoxy) is 4. The lowest BCUT2D eigenvalue weighted by Crippen LogP contribution is -2.19. The van der Waals surface area contributed by atoms with Gasteiger partial charge in [0.25, 0.3) is 0 Å². The van der Waals surface area contributed by atoms with Gasteiger partial charge in [0.2, 0.25) is 0 Å². The van der Waals surface area contributed by atoms with E-state index in [0.717, 1.165) is 32.7 Å². The first-order chi connectivity index (χ1) is 14.7. The zero-order chi connectivity index (χ0) is 20.5. The first kappa shape index (κ1) is 19.0. The van der Waals surface area contributed by atoms with Crippen LogP contribution < -0.4 is 0 Å². The summed E-state index contributed by atoms with van der Waals surface area (Å²) in [6.07, 6.45) is 0.133. The Morgan fingerprint density at radius 3 is 1.33 bits per heavy atom. The van der Waals surface area contributed by atoms with Crippen LogP contribution in [0.1, 0.15) is 24.0 Å². The topological polar surface area (TPSA) is 71.1 Å². The van der Waals surface area contributed by atoms with Crippen molar-refractivity contribution < 1.29 is 28.5 Å². The van der Waals surface area contributed by atoms with Crippen molar-refractivity contribution in [2.24, 2.45) is 0 Å². The molecule has 0 aromatic heterocycles. The molecule has 3 aromatic rings. The maximum Gasteiger partial charge on any atom is 0.335 e. The van der Waals surface area contributed by atoms with Crippen molar-refractivity contribution >= 4 is 33.5 Å². The zero-order valence-electron chi connectivity index (χ0n) is 16.5. The smallest absolute Gasteiger partial charge is 0.335 e. The molecule has 2 aliphatic heterocycles. The van der Waals surface area contributed by atoms with Gasteiger partial charge in [0.15, 0.2) is 12.2 Å². The Bertz CT molecular complexity index is 976. The number of hydrogen-bond donors (Lipinski definition) is 0. The van der Waals surface area contributed by atoms with Crippen LogP contribution in [0.25, 0.3) is 21.5 Å². The molecule has 2 atom stereocenters. The molecule has 2 unspecified atom stereocenters. The minimum Gasteiger partial charge on any atom is -0.464 e. The van der Waals surface area contributed by atoms with E-state index in [1.165, 1.54) is 0 Å². The van der Waals surface area contributed by atoms with Gasteiger partial charge in [-0.1, -0.05) is 48.5 Å². The average molecular weight is 406 g/mol. The molecule has 0 bridgehead atoms. The van der Waals surface area contributed by atoms with Crippen LogP contribution in [0.5, 0.6) is 0 Å². The standard InChI is InChI=1S/C24H22O6/c25-23-21(9-11-27-23)29-13-19-15-5-1-2-6-16(15)20(18-8-4-3-7-17(18)19)14-30-22-10-12-28-24(22)26/h1-8,21-22H,9-14H2. The van der Waals surface area contributed by atoms with Gasteiger partial charge >= 0.3 is 11.9 Å². The van der Waals surface area contributed by atoms with E-state index in [9.17, 15) is 9.59 Å². The molecular weight excluding hydrogens is 384 g/mol. The SMILES string of the molecule is O=C1OCCC1OCc1c2ccccc2c(COC2CCOC2=O)c2ccccc12. The van der Waals surface area contributed by atoms with Crippen LogP contribution in [-0.4, -0.2) is 37.4 Å². The lowest BCUT2D eigenvalue weighted by atomic mass is 9.92. The third kappa shape index (κ3) is 3.42. The minimum atomic E-state index is -0.515. The third-order valence-corrected chi connectivity index (χ3v) is 5.79. The lowest BCUT2D eigenvalue weighted by molar-refractivity contribution is -0.148. The fourth-order valence-electron chi connectivity index (χ4n) is 4.25. The summed E-state index contributed by atoms with van der Waals surface area (Å²) in [6.45, 7) is 1.45. The molecule has 0 spiro atoms. The van der Waals surface area contributed by atoms with Gasteiger partial charge in [-0.25, -0.2) is 9.59 Å². The number of esters is 2. The summed E-state index contributed by atoms with van der Waals surface area (Å²) in [5.41, 5.74) is 2.06. The molecule has 154 valence electrons. The summed E-state index contributed by atoms with van der Waals surface area (Å²) in [5, 5.41) is 4.20. The van der Waals surface area contributed by atoms with Gasteiger partial charge in [-0.15, -0.1) is 0 Å². The van der Waals surface area contributed by atoms with Crippen LogP contribution in [0.2, 0.25) is 0 Å². The van der Waals surface area contributed by atoms with Gasteiger partial charge in [0, 0.05) is 12.8 Å². The van der Waals surface area contributed by atoms with Gasteiger partial charge < -0.3 is 18.9 Å². The Labute approximate surface area is 173 Å². The van der Waals surface area contributed by atoms with Crippen molar-refractivity contribution in [3.05, 3.63) is 59.7 Å². The van der Waals surface area contributed by atoms with Crippen LogP contribution in [-0.2, 0) is 41.8 Å². The highest BCUT2D eigenvalue weighted by atomic mass is 16.6. The van der Waals surface area contributed by atoms with Crippen molar-refractivity contribution in [3.8, 4) is 0 Å². The molecule has 6 heteroatoms. The molecule has 0 N–H and O–H groups in total. The zero-order valence-corrected chi connectivity index (χ0v) is 16.5. The quantitative estimate of drug-likeness (QED) is 0.460. The van der Waals surface area contributed by atoms with E-state index in [1.54, 1.807) is 0 Å². The largest absolute Gasteiger partial charge is 0.464 e. The first-order valence-electron chi connectivity index (χ1n) is 10.2. The maximum absolute atomic E-state index is 11.8. The highest BCUT2D eigenvalue weighted by Crippen LogP contribution is 2.35. The normalized spacial score (nSPS) is 21.3. The predicted molar refractivity (Wildman–Crippen MR) is 110 cm³/mol. The summed E-state index contributed by atoms with van der Waals surface area (Å²) >= 11 is 0. The molecule has 0 radical (unpaired) electrons. The Kier molecular flexibility index (Phi) is 5.11. The van der Waals surface area contributed by atoms with Gasteiger partial charge in [-0.3, -0.25) is 0 Å². The molecule has 0 aliphatic carbocycles. The van der Waals surface area contributed by atoms with Crippen molar-refractivity contribution in [1.29, 1.82) is 0 Å². The monoisotopic (exact) mass is 406 g/mol. The van der Waals surface area contributed by atoms with Gasteiger partial charge in [-0.2, -0.15) is 0 Å². The second kappa shape index (κ2) is 8.05. The second-order valence-electron chi connectivity index (χ2n) is 7.56. The van der Waals surface area contributed by atoms with E-state index in [4.69, 9.17) is 18.9 Å². The summed E-state index contributed by atoms with van der Waals surface area (Å²) in [7, 11) is 0. The van der Waals surface area contributed by atoms with Gasteiger partial charge in [0.1, 0.15) is 0 Å². The molecule has 2 heterocycles. The lowest BCUT2D eigenvalue weighted by Gasteiger charge is -2.18. The molecule has 2 saturated heterocycles. The highest BCUT2D eigenvalue weighted by Gasteiger charge is 2.29. The number of carbonyl (C=O) groups is 2. The second-order valence-corrected chi connectivity index (χ2v) is 7.56. The molecule has 5 rings (SSSR count). The fraction of sp³-hybridized carbons (Fsp3) is 0.333. The number of fused-ring (bicyclic) bond motifs is 2. The number of rotatable bonds is 6. The van der Waals surface area contributed by atoms with E-state index in [1.807, 2.05) is 24.3 Å². The molecular formula is C24H22O6. The number of hydrogen-bond acceptors (Lipinski definition) is 6. The third-order valence-electron chi connectivity index (χ3n) is 5.79. The fourth-order valence-corrected chi connectivity index (χ4v) is 4.25. The number of carbonyl (C=O) groups excluding carboxylic acids is 2. The van der Waals surface area contributed by atoms with Crippen molar-refractivity contribution in [3.63, 3.8) is 0 Å². The number of cyclic esters (lactones) is 2. The molecule has 3 aromatic carbocycles. The van der Waals surface area contributed by atoms with Crippen molar-refractivity contribution in [1.82, 2.24) is 0 Å². The Hall–Kier alpha value is -2.96. The number of benzene rings is 3. The Balaban J connectivity index is 1.55. The minimum absolute atomic E-state index is 0.294. The maximum atomic E-state index is 11.8. The molecule has 0 amide bonds. The molecule has 30 heavy (non-hydrogen) atoms. The van der Waals surface area contributed by atoms with Crippen LogP contribution in [0, 0.1) is 0 Å². The molecule has 2 aliphatic rings. The van der Waals surface area contributed by atoms with Crippen LogP contribution in [0.15, 0.2) is 48.5 Å². The molecule has 2 fully saturated rings.